The first-order chi connectivity index (χ1) is 17.1. The van der Waals surface area contributed by atoms with Crippen LogP contribution in [0.3, 0.4) is 0 Å². The third-order valence-electron chi connectivity index (χ3n) is 6.52. The van der Waals surface area contributed by atoms with Gasteiger partial charge in [0, 0.05) is 46.5 Å². The number of hydrogen-bond acceptors (Lipinski definition) is 6. The molecule has 0 saturated carbocycles. The quantitative estimate of drug-likeness (QED) is 0.185. The fraction of sp³-hybridized carbons (Fsp3) is 0.148. The number of aromatic nitrogens is 5. The van der Waals surface area contributed by atoms with Crippen molar-refractivity contribution in [2.45, 2.75) is 24.9 Å². The van der Waals surface area contributed by atoms with E-state index >= 15 is 0 Å². The molecule has 35 heavy (non-hydrogen) atoms. The van der Waals surface area contributed by atoms with E-state index in [0.717, 1.165) is 39.0 Å². The Morgan fingerprint density at radius 1 is 1.03 bits per heavy atom. The summed E-state index contributed by atoms with van der Waals surface area (Å²) in [4.78, 5) is 27.5. The van der Waals surface area contributed by atoms with Crippen LogP contribution in [-0.4, -0.2) is 31.1 Å². The van der Waals surface area contributed by atoms with E-state index in [2.05, 4.69) is 47.7 Å². The van der Waals surface area contributed by atoms with Crippen LogP contribution in [0.4, 0.5) is 0 Å². The zero-order chi connectivity index (χ0) is 23.8. The number of hydrogen-bond donors (Lipinski definition) is 1. The zero-order valence-electron chi connectivity index (χ0n) is 18.6. The lowest BCUT2D eigenvalue weighted by Crippen LogP contribution is -2.38. The van der Waals surface area contributed by atoms with Crippen LogP contribution in [0.25, 0.3) is 22.3 Å². The Morgan fingerprint density at radius 3 is 2.77 bits per heavy atom. The second kappa shape index (κ2) is 8.84. The molecule has 0 saturated heterocycles. The smallest absolute Gasteiger partial charge is 0.317 e. The van der Waals surface area contributed by atoms with Crippen molar-refractivity contribution >= 4 is 39.6 Å². The van der Waals surface area contributed by atoms with Crippen LogP contribution in [0.1, 0.15) is 22.4 Å². The van der Waals surface area contributed by atoms with E-state index in [1.807, 2.05) is 66.7 Å². The van der Waals surface area contributed by atoms with E-state index in [4.69, 9.17) is 4.74 Å². The Bertz CT molecular complexity index is 1530. The minimum absolute atomic E-state index is 0.227. The molecule has 8 heteroatoms. The number of carbonyl (C=O) groups excluding carboxylic acids is 1. The molecule has 7 nitrogen and oxygen atoms in total. The topological polar surface area (TPSA) is 93.7 Å². The van der Waals surface area contributed by atoms with Gasteiger partial charge in [-0.2, -0.15) is 5.10 Å². The van der Waals surface area contributed by atoms with Crippen molar-refractivity contribution in [2.24, 2.45) is 0 Å². The molecule has 3 aromatic heterocycles. The Labute approximate surface area is 215 Å². The second-order valence-electron chi connectivity index (χ2n) is 8.66. The first-order valence-corrected chi connectivity index (χ1v) is 12.3. The van der Waals surface area contributed by atoms with Crippen LogP contribution >= 0.6 is 22.6 Å². The molecule has 0 spiro atoms. The van der Waals surface area contributed by atoms with E-state index < -0.39 is 5.41 Å². The molecular weight excluding hydrogens is 553 g/mol. The number of aromatic amines is 1. The van der Waals surface area contributed by atoms with Crippen LogP contribution in [0.2, 0.25) is 0 Å². The highest BCUT2D eigenvalue weighted by molar-refractivity contribution is 14.1. The Balaban J connectivity index is 1.42. The van der Waals surface area contributed by atoms with Gasteiger partial charge in [-0.05, 0) is 35.2 Å². The molecule has 1 N–H and O–H groups in total. The monoisotopic (exact) mass is 573 g/mol. The highest BCUT2D eigenvalue weighted by Gasteiger charge is 2.47. The molecule has 5 aromatic rings. The van der Waals surface area contributed by atoms with Gasteiger partial charge in [-0.15, -0.1) is 0 Å². The predicted molar refractivity (Wildman–Crippen MR) is 139 cm³/mol. The van der Waals surface area contributed by atoms with Crippen molar-refractivity contribution in [3.8, 4) is 11.3 Å². The van der Waals surface area contributed by atoms with E-state index in [1.165, 1.54) is 0 Å². The van der Waals surface area contributed by atoms with E-state index in [9.17, 15) is 4.79 Å². The molecule has 0 bridgehead atoms. The van der Waals surface area contributed by atoms with E-state index in [-0.39, 0.29) is 12.6 Å². The summed E-state index contributed by atoms with van der Waals surface area (Å²) in [6.07, 6.45) is 4.53. The van der Waals surface area contributed by atoms with Gasteiger partial charge < -0.3 is 4.74 Å². The normalized spacial score (nSPS) is 16.8. The van der Waals surface area contributed by atoms with Crippen molar-refractivity contribution in [3.05, 3.63) is 105 Å². The number of ether oxygens (including phenoxy) is 1. The predicted octanol–water partition coefficient (Wildman–Crippen LogP) is 4.80. The molecule has 1 aliphatic carbocycles. The maximum absolute atomic E-state index is 13.8. The van der Waals surface area contributed by atoms with Crippen molar-refractivity contribution < 1.29 is 9.53 Å². The molecule has 1 unspecified atom stereocenters. The first-order valence-electron chi connectivity index (χ1n) is 11.2. The molecule has 1 aliphatic rings. The third-order valence-corrected chi connectivity index (χ3v) is 7.00. The van der Waals surface area contributed by atoms with Gasteiger partial charge in [-0.3, -0.25) is 14.9 Å². The van der Waals surface area contributed by atoms with E-state index in [0.29, 0.717) is 22.3 Å². The van der Waals surface area contributed by atoms with Crippen molar-refractivity contribution in [2.75, 3.05) is 0 Å². The molecule has 0 amide bonds. The van der Waals surface area contributed by atoms with Gasteiger partial charge in [0.05, 0.1) is 17.3 Å². The SMILES string of the molecule is O=C(OCc1ccccc1)C1(c2cccc(-c3nc(I)nc4[nH]ncc34)c2)Cc2cccnc2C1. The summed E-state index contributed by atoms with van der Waals surface area (Å²) < 4.78 is 6.53. The molecule has 0 fully saturated rings. The molecule has 2 aromatic carbocycles. The summed E-state index contributed by atoms with van der Waals surface area (Å²) in [5.41, 5.74) is 5.33. The number of carbonyl (C=O) groups is 1. The molecule has 172 valence electrons. The lowest BCUT2D eigenvalue weighted by molar-refractivity contribution is -0.151. The van der Waals surface area contributed by atoms with Crippen LogP contribution in [0.5, 0.6) is 0 Å². The van der Waals surface area contributed by atoms with Crippen LogP contribution < -0.4 is 0 Å². The maximum atomic E-state index is 13.8. The van der Waals surface area contributed by atoms with Crippen LogP contribution in [0.15, 0.2) is 79.1 Å². The average molecular weight is 573 g/mol. The second-order valence-corrected chi connectivity index (χ2v) is 9.63. The summed E-state index contributed by atoms with van der Waals surface area (Å²) in [6.45, 7) is 0.227. The summed E-state index contributed by atoms with van der Waals surface area (Å²) in [6, 6.07) is 21.7. The van der Waals surface area contributed by atoms with Gasteiger partial charge in [0.1, 0.15) is 12.0 Å². The minimum atomic E-state index is -0.864. The number of H-pyrrole nitrogens is 1. The minimum Gasteiger partial charge on any atom is -0.460 e. The first kappa shape index (κ1) is 21.8. The summed E-state index contributed by atoms with van der Waals surface area (Å²) >= 11 is 2.10. The number of benzene rings is 2. The largest absolute Gasteiger partial charge is 0.460 e. The molecular formula is C27H20IN5O2. The molecule has 3 heterocycles. The van der Waals surface area contributed by atoms with Gasteiger partial charge in [0.25, 0.3) is 0 Å². The number of halogens is 1. The number of nitrogens with one attached hydrogen (secondary N) is 1. The zero-order valence-corrected chi connectivity index (χ0v) is 20.8. The summed E-state index contributed by atoms with van der Waals surface area (Å²) in [7, 11) is 0. The number of pyridine rings is 1. The molecule has 0 radical (unpaired) electrons. The molecule has 1 atom stereocenters. The van der Waals surface area contributed by atoms with Gasteiger partial charge >= 0.3 is 5.97 Å². The van der Waals surface area contributed by atoms with Crippen molar-refractivity contribution in [1.29, 1.82) is 0 Å². The van der Waals surface area contributed by atoms with Crippen molar-refractivity contribution in [1.82, 2.24) is 25.1 Å². The van der Waals surface area contributed by atoms with Crippen LogP contribution in [0, 0.1) is 3.83 Å². The number of rotatable bonds is 5. The summed E-state index contributed by atoms with van der Waals surface area (Å²) in [5.74, 6) is -0.248. The lowest BCUT2D eigenvalue weighted by Gasteiger charge is -2.27. The summed E-state index contributed by atoms with van der Waals surface area (Å²) in [5, 5.41) is 7.89. The number of fused-ring (bicyclic) bond motifs is 2. The fourth-order valence-electron chi connectivity index (χ4n) is 4.78. The standard InChI is InChI=1S/C27H20IN5O2/c28-26-31-23(21-15-30-33-24(21)32-26)18-8-4-10-20(12-18)27(13-19-9-5-11-29-22(19)14-27)25(34)35-16-17-6-2-1-3-7-17/h1-12,15H,13-14,16H2,(H,30,31,32,33). The Kier molecular flexibility index (Phi) is 5.52. The fourth-order valence-corrected chi connectivity index (χ4v) is 5.27. The van der Waals surface area contributed by atoms with E-state index in [1.54, 1.807) is 12.4 Å². The highest BCUT2D eigenvalue weighted by Crippen LogP contribution is 2.41. The van der Waals surface area contributed by atoms with Gasteiger partial charge in [-0.25, -0.2) is 9.97 Å². The Morgan fingerprint density at radius 2 is 1.91 bits per heavy atom. The Hall–Kier alpha value is -3.66. The van der Waals surface area contributed by atoms with Crippen LogP contribution in [-0.2, 0) is 34.4 Å². The molecule has 0 aliphatic heterocycles. The maximum Gasteiger partial charge on any atom is 0.317 e. The lowest BCUT2D eigenvalue weighted by atomic mass is 9.77. The van der Waals surface area contributed by atoms with Crippen molar-refractivity contribution in [3.63, 3.8) is 0 Å². The number of esters is 1. The average Bonchev–Trinajstić information content (AvgIpc) is 3.53. The van der Waals surface area contributed by atoms with Gasteiger partial charge in [0.15, 0.2) is 9.48 Å². The van der Waals surface area contributed by atoms with Gasteiger partial charge in [-0.1, -0.05) is 54.6 Å². The highest BCUT2D eigenvalue weighted by atomic mass is 127. The molecule has 6 rings (SSSR count). The third kappa shape index (κ3) is 3.97. The number of nitrogens with zero attached hydrogens (tertiary/aromatic N) is 4. The van der Waals surface area contributed by atoms with Gasteiger partial charge in [0.2, 0.25) is 0 Å².